The summed E-state index contributed by atoms with van der Waals surface area (Å²) >= 11 is 0. The molecule has 128 valence electrons. The maximum Gasteiger partial charge on any atom is 0.298 e. The van der Waals surface area contributed by atoms with Crippen molar-refractivity contribution in [1.29, 1.82) is 0 Å². The van der Waals surface area contributed by atoms with Crippen molar-refractivity contribution in [3.05, 3.63) is 0 Å². The van der Waals surface area contributed by atoms with Crippen molar-refractivity contribution in [1.82, 2.24) is 0 Å². The summed E-state index contributed by atoms with van der Waals surface area (Å²) in [6.45, 7) is 4.56. The first-order chi connectivity index (χ1) is 10.7. The van der Waals surface area contributed by atoms with E-state index in [1.807, 2.05) is 0 Å². The average Bonchev–Trinajstić information content (AvgIpc) is 2.60. The number of carbonyl (C=O) groups is 1. The molecule has 2 atom stereocenters. The molecule has 22 heavy (non-hydrogen) atoms. The van der Waals surface area contributed by atoms with E-state index in [0.29, 0.717) is 22.3 Å². The summed E-state index contributed by atoms with van der Waals surface area (Å²) in [5.74, 6) is 2.02. The molecule has 2 rings (SSSR count). The zero-order valence-electron chi connectivity index (χ0n) is 15.0. The van der Waals surface area contributed by atoms with E-state index in [4.69, 9.17) is 4.43 Å². The van der Waals surface area contributed by atoms with Crippen LogP contribution in [0, 0.1) is 23.2 Å². The molecule has 0 saturated heterocycles. The molecule has 2 saturated carbocycles. The van der Waals surface area contributed by atoms with Crippen molar-refractivity contribution in [2.75, 3.05) is 0 Å². The Balaban J connectivity index is 2.32. The molecule has 0 aliphatic heterocycles. The van der Waals surface area contributed by atoms with Crippen LogP contribution in [0.15, 0.2) is 0 Å². The lowest BCUT2D eigenvalue weighted by atomic mass is 9.55. The van der Waals surface area contributed by atoms with Crippen LogP contribution in [0.25, 0.3) is 0 Å². The summed E-state index contributed by atoms with van der Waals surface area (Å²) in [5, 5.41) is 0. The van der Waals surface area contributed by atoms with Gasteiger partial charge in [-0.15, -0.1) is 0 Å². The zero-order chi connectivity index (χ0) is 16.0. The minimum Gasteiger partial charge on any atom is -0.528 e. The standard InChI is InChI=1S/C19H36O2Si/c1-3-17(15-11-7-5-8-12-15)19(4-2,18(20)21-22)16-13-9-6-10-14-16/h15-17H,3-14H2,1-2,22H3. The Labute approximate surface area is 140 Å². The lowest BCUT2D eigenvalue weighted by Gasteiger charge is -2.49. The number of carbonyl (C=O) groups excluding carboxylic acids is 1. The molecule has 0 aromatic carbocycles. The van der Waals surface area contributed by atoms with Gasteiger partial charge in [-0.2, -0.15) is 0 Å². The molecule has 0 N–H and O–H groups in total. The first-order valence-corrected chi connectivity index (χ1v) is 10.6. The minimum atomic E-state index is -0.182. The molecule has 0 amide bonds. The predicted octanol–water partition coefficient (Wildman–Crippen LogP) is 4.39. The normalized spacial score (nSPS) is 25.5. The van der Waals surface area contributed by atoms with E-state index in [9.17, 15) is 4.79 Å². The molecule has 2 aliphatic carbocycles. The van der Waals surface area contributed by atoms with E-state index in [2.05, 4.69) is 13.8 Å². The van der Waals surface area contributed by atoms with Crippen molar-refractivity contribution in [2.24, 2.45) is 23.2 Å². The molecule has 2 aliphatic rings. The van der Waals surface area contributed by atoms with E-state index in [0.717, 1.165) is 18.8 Å². The Morgan fingerprint density at radius 1 is 1.05 bits per heavy atom. The topological polar surface area (TPSA) is 26.3 Å². The van der Waals surface area contributed by atoms with Gasteiger partial charge in [0.05, 0.1) is 5.41 Å². The molecule has 0 aromatic heterocycles. The molecule has 0 spiro atoms. The molecule has 0 aromatic rings. The van der Waals surface area contributed by atoms with Crippen molar-refractivity contribution in [3.63, 3.8) is 0 Å². The van der Waals surface area contributed by atoms with Gasteiger partial charge in [0.25, 0.3) is 5.97 Å². The second kappa shape index (κ2) is 8.51. The highest BCUT2D eigenvalue weighted by molar-refractivity contribution is 6.06. The molecular formula is C19H36O2Si. The van der Waals surface area contributed by atoms with Gasteiger partial charge in [-0.25, -0.2) is 0 Å². The highest BCUT2D eigenvalue weighted by Crippen LogP contribution is 2.53. The predicted molar refractivity (Wildman–Crippen MR) is 95.7 cm³/mol. The van der Waals surface area contributed by atoms with E-state index in [1.54, 1.807) is 0 Å². The lowest BCUT2D eigenvalue weighted by molar-refractivity contribution is -0.159. The SMILES string of the molecule is CCC(C1CCCCC1)C(CC)(C(=O)O[SiH3])C1CCCCC1. The van der Waals surface area contributed by atoms with Crippen LogP contribution in [-0.2, 0) is 9.22 Å². The van der Waals surface area contributed by atoms with Gasteiger partial charge in [-0.3, -0.25) is 4.79 Å². The van der Waals surface area contributed by atoms with Crippen LogP contribution in [0.1, 0.15) is 90.9 Å². The van der Waals surface area contributed by atoms with Gasteiger partial charge in [0.2, 0.25) is 10.5 Å². The minimum absolute atomic E-state index is 0.158. The fourth-order valence-corrected chi connectivity index (χ4v) is 6.16. The Morgan fingerprint density at radius 2 is 1.59 bits per heavy atom. The first-order valence-electron chi connectivity index (χ1n) is 9.79. The van der Waals surface area contributed by atoms with Gasteiger partial charge in [0.15, 0.2) is 0 Å². The third kappa shape index (κ3) is 3.44. The van der Waals surface area contributed by atoms with Gasteiger partial charge < -0.3 is 4.43 Å². The van der Waals surface area contributed by atoms with E-state index in [-0.39, 0.29) is 11.4 Å². The van der Waals surface area contributed by atoms with Gasteiger partial charge >= 0.3 is 0 Å². The number of rotatable bonds is 6. The Hall–Kier alpha value is -0.313. The number of hydrogen-bond acceptors (Lipinski definition) is 2. The average molecular weight is 325 g/mol. The number of hydrogen-bond donors (Lipinski definition) is 0. The highest BCUT2D eigenvalue weighted by Gasteiger charge is 2.52. The third-order valence-electron chi connectivity index (χ3n) is 6.80. The summed E-state index contributed by atoms with van der Waals surface area (Å²) in [7, 11) is 0.541. The smallest absolute Gasteiger partial charge is 0.298 e. The van der Waals surface area contributed by atoms with E-state index in [1.165, 1.54) is 64.2 Å². The summed E-state index contributed by atoms with van der Waals surface area (Å²) < 4.78 is 5.53. The molecule has 0 bridgehead atoms. The van der Waals surface area contributed by atoms with Crippen molar-refractivity contribution >= 4 is 16.5 Å². The molecule has 2 unspecified atom stereocenters. The fourth-order valence-electron chi connectivity index (χ4n) is 5.78. The van der Waals surface area contributed by atoms with Crippen LogP contribution >= 0.6 is 0 Å². The van der Waals surface area contributed by atoms with Crippen LogP contribution in [-0.4, -0.2) is 16.5 Å². The van der Waals surface area contributed by atoms with E-state index < -0.39 is 0 Å². The van der Waals surface area contributed by atoms with Crippen LogP contribution < -0.4 is 0 Å². The highest BCUT2D eigenvalue weighted by atomic mass is 28.2. The van der Waals surface area contributed by atoms with Gasteiger partial charge in [-0.1, -0.05) is 71.6 Å². The van der Waals surface area contributed by atoms with Crippen molar-refractivity contribution in [3.8, 4) is 0 Å². The maximum absolute atomic E-state index is 13.0. The van der Waals surface area contributed by atoms with E-state index >= 15 is 0 Å². The molecule has 2 fully saturated rings. The van der Waals surface area contributed by atoms with Gasteiger partial charge in [0.1, 0.15) is 0 Å². The zero-order valence-corrected chi connectivity index (χ0v) is 17.0. The van der Waals surface area contributed by atoms with Crippen LogP contribution in [0.3, 0.4) is 0 Å². The molecule has 0 radical (unpaired) electrons. The summed E-state index contributed by atoms with van der Waals surface area (Å²) in [5.41, 5.74) is -0.182. The summed E-state index contributed by atoms with van der Waals surface area (Å²) in [4.78, 5) is 13.0. The van der Waals surface area contributed by atoms with Gasteiger partial charge in [0, 0.05) is 0 Å². The molecular weight excluding hydrogens is 288 g/mol. The molecule has 3 heteroatoms. The Morgan fingerprint density at radius 3 is 2.05 bits per heavy atom. The monoisotopic (exact) mass is 324 g/mol. The Bertz CT molecular complexity index is 345. The Kier molecular flexibility index (Phi) is 6.98. The quantitative estimate of drug-likeness (QED) is 0.677. The van der Waals surface area contributed by atoms with Crippen LogP contribution in [0.4, 0.5) is 0 Å². The van der Waals surface area contributed by atoms with Crippen molar-refractivity contribution in [2.45, 2.75) is 90.9 Å². The summed E-state index contributed by atoms with van der Waals surface area (Å²) in [6.07, 6.45) is 15.4. The fraction of sp³-hybridized carbons (Fsp3) is 0.947. The van der Waals surface area contributed by atoms with Gasteiger partial charge in [-0.05, 0) is 37.0 Å². The molecule has 0 heterocycles. The third-order valence-corrected chi connectivity index (χ3v) is 7.18. The van der Waals surface area contributed by atoms with Crippen LogP contribution in [0.2, 0.25) is 0 Å². The van der Waals surface area contributed by atoms with Crippen molar-refractivity contribution < 1.29 is 9.22 Å². The largest absolute Gasteiger partial charge is 0.528 e. The van der Waals surface area contributed by atoms with Crippen LogP contribution in [0.5, 0.6) is 0 Å². The maximum atomic E-state index is 13.0. The summed E-state index contributed by atoms with van der Waals surface area (Å²) in [6, 6.07) is 0. The second-order valence-electron chi connectivity index (χ2n) is 7.63. The lowest BCUT2D eigenvalue weighted by Crippen LogP contribution is -2.49. The molecule has 2 nitrogen and oxygen atoms in total. The second-order valence-corrected chi connectivity index (χ2v) is 8.04. The first kappa shape index (κ1) is 18.0.